The molecule has 1 aromatic rings. The first-order valence-electron chi connectivity index (χ1n) is 6.83. The molecule has 0 bridgehead atoms. The fourth-order valence-corrected chi connectivity index (χ4v) is 3.10. The quantitative estimate of drug-likeness (QED) is 0.786. The van der Waals surface area contributed by atoms with Crippen molar-refractivity contribution in [3.8, 4) is 0 Å². The molecule has 1 fully saturated rings. The molecule has 1 aromatic carbocycles. The Morgan fingerprint density at radius 3 is 2.68 bits per heavy atom. The number of aliphatic imine (C=N–C) groups is 1. The fraction of sp³-hybridized carbons (Fsp3) is 0.312. The van der Waals surface area contributed by atoms with Gasteiger partial charge in [0, 0.05) is 16.6 Å². The van der Waals surface area contributed by atoms with Gasteiger partial charge in [-0.15, -0.1) is 0 Å². The first-order valence-corrected chi connectivity index (χ1v) is 7.21. The van der Waals surface area contributed by atoms with Crippen molar-refractivity contribution in [2.24, 2.45) is 10.9 Å². The molecular formula is C16H14ClNO4. The molecule has 114 valence electrons. The van der Waals surface area contributed by atoms with Crippen LogP contribution in [-0.4, -0.2) is 31.4 Å². The number of allylic oxidation sites excluding steroid dienone is 1. The van der Waals surface area contributed by atoms with Gasteiger partial charge in [-0.2, -0.15) is 0 Å². The van der Waals surface area contributed by atoms with Crippen LogP contribution in [0.1, 0.15) is 18.4 Å². The van der Waals surface area contributed by atoms with Gasteiger partial charge in [-0.25, -0.2) is 14.6 Å². The molecule has 0 aromatic heterocycles. The Labute approximate surface area is 132 Å². The van der Waals surface area contributed by atoms with Crippen LogP contribution in [0.25, 0.3) is 0 Å². The molecule has 2 atom stereocenters. The van der Waals surface area contributed by atoms with Crippen LogP contribution in [0.2, 0.25) is 5.02 Å². The molecule has 2 heterocycles. The molecule has 2 aliphatic heterocycles. The van der Waals surface area contributed by atoms with Crippen molar-refractivity contribution in [2.75, 3.05) is 13.7 Å². The number of hydrogen-bond acceptors (Lipinski definition) is 5. The van der Waals surface area contributed by atoms with Crippen molar-refractivity contribution in [3.05, 3.63) is 46.1 Å². The smallest absolute Gasteiger partial charge is 0.353 e. The molecule has 5 nitrogen and oxygen atoms in total. The molecule has 0 aliphatic carbocycles. The maximum absolute atomic E-state index is 12.2. The lowest BCUT2D eigenvalue weighted by atomic mass is 9.76. The first-order chi connectivity index (χ1) is 10.5. The van der Waals surface area contributed by atoms with Crippen LogP contribution in [-0.2, 0) is 19.1 Å². The molecule has 3 rings (SSSR count). The summed E-state index contributed by atoms with van der Waals surface area (Å²) in [5.74, 6) is -1.48. The maximum atomic E-state index is 12.2. The number of fused-ring (bicyclic) bond motifs is 1. The van der Waals surface area contributed by atoms with E-state index in [9.17, 15) is 9.59 Å². The van der Waals surface area contributed by atoms with E-state index < -0.39 is 11.9 Å². The number of esters is 2. The number of hydrogen-bond donors (Lipinski definition) is 0. The van der Waals surface area contributed by atoms with E-state index in [1.165, 1.54) is 7.11 Å². The van der Waals surface area contributed by atoms with Gasteiger partial charge in [0.1, 0.15) is 12.3 Å². The average Bonchev–Trinajstić information content (AvgIpc) is 2.87. The highest BCUT2D eigenvalue weighted by molar-refractivity contribution is 6.39. The average molecular weight is 320 g/mol. The van der Waals surface area contributed by atoms with Gasteiger partial charge in [0.25, 0.3) is 0 Å². The largest absolute Gasteiger partial charge is 0.466 e. The standard InChI is InChI=1S/C16H14ClNO4/c1-8-12(15(19)21-2)13(9-3-5-10(17)6-4-9)11-7-22-16(20)14(11)18-8/h3-6,11,13H,7H2,1-2H3. The molecule has 0 amide bonds. The maximum Gasteiger partial charge on any atom is 0.353 e. The van der Waals surface area contributed by atoms with Gasteiger partial charge in [-0.05, 0) is 24.6 Å². The highest BCUT2D eigenvalue weighted by atomic mass is 35.5. The summed E-state index contributed by atoms with van der Waals surface area (Å²) in [5, 5.41) is 0.604. The summed E-state index contributed by atoms with van der Waals surface area (Å²) < 4.78 is 10.0. The van der Waals surface area contributed by atoms with Crippen LogP contribution in [0.15, 0.2) is 40.5 Å². The molecule has 1 saturated heterocycles. The Hall–Kier alpha value is -2.14. The minimum atomic E-state index is -0.445. The van der Waals surface area contributed by atoms with Crippen LogP contribution in [0, 0.1) is 5.92 Å². The number of rotatable bonds is 2. The molecule has 22 heavy (non-hydrogen) atoms. The number of nitrogens with zero attached hydrogens (tertiary/aromatic N) is 1. The van der Waals surface area contributed by atoms with E-state index in [1.807, 2.05) is 12.1 Å². The van der Waals surface area contributed by atoms with E-state index in [2.05, 4.69) is 4.99 Å². The van der Waals surface area contributed by atoms with E-state index >= 15 is 0 Å². The Morgan fingerprint density at radius 1 is 1.36 bits per heavy atom. The van der Waals surface area contributed by atoms with Crippen molar-refractivity contribution >= 4 is 29.3 Å². The van der Waals surface area contributed by atoms with Crippen molar-refractivity contribution < 1.29 is 19.1 Å². The number of halogens is 1. The summed E-state index contributed by atoms with van der Waals surface area (Å²) in [6.07, 6.45) is 0. The number of ether oxygens (including phenoxy) is 2. The van der Waals surface area contributed by atoms with Gasteiger partial charge in [-0.1, -0.05) is 23.7 Å². The van der Waals surface area contributed by atoms with E-state index in [0.29, 0.717) is 22.0 Å². The normalized spacial score (nSPS) is 23.8. The Morgan fingerprint density at radius 2 is 2.05 bits per heavy atom. The second-order valence-electron chi connectivity index (χ2n) is 5.22. The first kappa shape index (κ1) is 14.8. The zero-order valence-electron chi connectivity index (χ0n) is 12.1. The minimum Gasteiger partial charge on any atom is -0.466 e. The minimum absolute atomic E-state index is 0.207. The molecule has 2 aliphatic rings. The predicted molar refractivity (Wildman–Crippen MR) is 80.8 cm³/mol. The van der Waals surface area contributed by atoms with E-state index in [-0.39, 0.29) is 18.4 Å². The zero-order chi connectivity index (χ0) is 15.9. The Bertz CT molecular complexity index is 705. The van der Waals surface area contributed by atoms with Crippen molar-refractivity contribution in [3.63, 3.8) is 0 Å². The highest BCUT2D eigenvalue weighted by Crippen LogP contribution is 2.41. The predicted octanol–water partition coefficient (Wildman–Crippen LogP) is 2.50. The van der Waals surface area contributed by atoms with Crippen LogP contribution in [0.3, 0.4) is 0 Å². The monoisotopic (exact) mass is 319 g/mol. The van der Waals surface area contributed by atoms with Crippen molar-refractivity contribution in [1.29, 1.82) is 0 Å². The van der Waals surface area contributed by atoms with Gasteiger partial charge in [0.2, 0.25) is 0 Å². The highest BCUT2D eigenvalue weighted by Gasteiger charge is 2.45. The van der Waals surface area contributed by atoms with Crippen LogP contribution in [0.4, 0.5) is 0 Å². The summed E-state index contributed by atoms with van der Waals surface area (Å²) in [5.41, 5.74) is 2.18. The molecular weight excluding hydrogens is 306 g/mol. The summed E-state index contributed by atoms with van der Waals surface area (Å²) in [6, 6.07) is 7.19. The topological polar surface area (TPSA) is 65.0 Å². The SMILES string of the molecule is COC(=O)C1=C(C)N=C2C(=O)OCC2C1c1ccc(Cl)cc1. The lowest BCUT2D eigenvalue weighted by molar-refractivity contribution is -0.136. The van der Waals surface area contributed by atoms with Gasteiger partial charge in [0.15, 0.2) is 0 Å². The molecule has 0 N–H and O–H groups in total. The summed E-state index contributed by atoms with van der Waals surface area (Å²) >= 11 is 5.93. The number of carbonyl (C=O) groups excluding carboxylic acids is 2. The molecule has 2 unspecified atom stereocenters. The number of cyclic esters (lactones) is 1. The number of methoxy groups -OCH3 is 1. The second-order valence-corrected chi connectivity index (χ2v) is 5.66. The van der Waals surface area contributed by atoms with Crippen molar-refractivity contribution in [2.45, 2.75) is 12.8 Å². The van der Waals surface area contributed by atoms with Crippen LogP contribution >= 0.6 is 11.6 Å². The molecule has 0 radical (unpaired) electrons. The second kappa shape index (κ2) is 5.57. The van der Waals surface area contributed by atoms with E-state index in [0.717, 1.165) is 5.56 Å². The molecule has 0 spiro atoms. The number of carbonyl (C=O) groups is 2. The summed E-state index contributed by atoms with van der Waals surface area (Å²) in [7, 11) is 1.33. The molecule has 6 heteroatoms. The lowest BCUT2D eigenvalue weighted by Crippen LogP contribution is -2.31. The fourth-order valence-electron chi connectivity index (χ4n) is 2.97. The zero-order valence-corrected chi connectivity index (χ0v) is 12.9. The van der Waals surface area contributed by atoms with E-state index in [1.54, 1.807) is 19.1 Å². The number of benzene rings is 1. The third-order valence-electron chi connectivity index (χ3n) is 3.98. The van der Waals surface area contributed by atoms with Gasteiger partial charge in [-0.3, -0.25) is 0 Å². The summed E-state index contributed by atoms with van der Waals surface area (Å²) in [4.78, 5) is 28.3. The van der Waals surface area contributed by atoms with E-state index in [4.69, 9.17) is 21.1 Å². The van der Waals surface area contributed by atoms with Gasteiger partial charge < -0.3 is 9.47 Å². The molecule has 0 saturated carbocycles. The third kappa shape index (κ3) is 2.31. The van der Waals surface area contributed by atoms with Gasteiger partial charge >= 0.3 is 11.9 Å². The third-order valence-corrected chi connectivity index (χ3v) is 4.23. The summed E-state index contributed by atoms with van der Waals surface area (Å²) in [6.45, 7) is 1.91. The van der Waals surface area contributed by atoms with Crippen molar-refractivity contribution in [1.82, 2.24) is 0 Å². The Kier molecular flexibility index (Phi) is 3.74. The van der Waals surface area contributed by atoms with Crippen LogP contribution < -0.4 is 0 Å². The van der Waals surface area contributed by atoms with Gasteiger partial charge in [0.05, 0.1) is 18.6 Å². The lowest BCUT2D eigenvalue weighted by Gasteiger charge is -2.28. The Balaban J connectivity index is 2.15. The van der Waals surface area contributed by atoms with Crippen LogP contribution in [0.5, 0.6) is 0 Å².